The highest BCUT2D eigenvalue weighted by Gasteiger charge is 2.15. The van der Waals surface area contributed by atoms with Gasteiger partial charge in [0.15, 0.2) is 11.5 Å². The summed E-state index contributed by atoms with van der Waals surface area (Å²) >= 11 is 6.35. The second kappa shape index (κ2) is 5.89. The summed E-state index contributed by atoms with van der Waals surface area (Å²) in [5.74, 6) is -0.299. The molecule has 0 bridgehead atoms. The molecule has 2 aromatic carbocycles. The quantitative estimate of drug-likeness (QED) is 0.693. The van der Waals surface area contributed by atoms with Gasteiger partial charge in [0, 0.05) is 17.5 Å². The van der Waals surface area contributed by atoms with Crippen LogP contribution in [-0.2, 0) is 6.54 Å². The molecule has 114 valence electrons. The van der Waals surface area contributed by atoms with Crippen LogP contribution in [0, 0.1) is 0 Å². The first-order chi connectivity index (χ1) is 10.6. The van der Waals surface area contributed by atoms with Crippen molar-refractivity contribution in [3.8, 4) is 22.8 Å². The number of fused-ring (bicyclic) bond motifs is 1. The molecule has 0 aliphatic rings. The van der Waals surface area contributed by atoms with Crippen LogP contribution in [0.4, 0.5) is 0 Å². The summed E-state index contributed by atoms with van der Waals surface area (Å²) < 4.78 is 1.92. The minimum atomic E-state index is -0.157. The number of phenolic OH excluding ortho intramolecular Hbond substituents is 2. The van der Waals surface area contributed by atoms with Gasteiger partial charge in [-0.25, -0.2) is 0 Å². The maximum atomic E-state index is 9.73. The molecule has 5 heteroatoms. The number of rotatable bonds is 4. The Kier molecular flexibility index (Phi) is 3.94. The molecule has 4 nitrogen and oxygen atoms in total. The Morgan fingerprint density at radius 1 is 1.14 bits per heavy atom. The van der Waals surface area contributed by atoms with Crippen molar-refractivity contribution < 1.29 is 10.2 Å². The number of hydrogen-bond donors (Lipinski definition) is 2. The average molecular weight is 317 g/mol. The number of aryl methyl sites for hydroxylation is 1. The molecule has 1 heterocycles. The van der Waals surface area contributed by atoms with Gasteiger partial charge in [0.25, 0.3) is 0 Å². The van der Waals surface area contributed by atoms with Gasteiger partial charge < -0.3 is 10.2 Å². The molecule has 0 saturated carbocycles. The molecule has 3 rings (SSSR count). The Balaban J connectivity index is 2.21. The monoisotopic (exact) mass is 316 g/mol. The fraction of sp³-hybridized carbons (Fsp3) is 0.235. The molecule has 3 aromatic rings. The molecule has 0 saturated heterocycles. The van der Waals surface area contributed by atoms with E-state index < -0.39 is 0 Å². The summed E-state index contributed by atoms with van der Waals surface area (Å²) in [6.07, 6.45) is 2.09. The Hall–Kier alpha value is -2.20. The molecule has 0 aliphatic carbocycles. The SMILES string of the molecule is CCCCn1nc(-c2ccc(O)c(O)c2)c2cccc(Cl)c21. The molecule has 2 N–H and O–H groups in total. The number of aromatic nitrogens is 2. The molecule has 0 spiro atoms. The van der Waals surface area contributed by atoms with Crippen LogP contribution < -0.4 is 0 Å². The van der Waals surface area contributed by atoms with Gasteiger partial charge in [0.1, 0.15) is 5.69 Å². The van der Waals surface area contributed by atoms with Crippen LogP contribution >= 0.6 is 11.6 Å². The van der Waals surface area contributed by atoms with Crippen LogP contribution in [0.15, 0.2) is 36.4 Å². The lowest BCUT2D eigenvalue weighted by Gasteiger charge is -2.02. The number of para-hydroxylation sites is 1. The van der Waals surface area contributed by atoms with Gasteiger partial charge in [0.2, 0.25) is 0 Å². The van der Waals surface area contributed by atoms with E-state index in [1.165, 1.54) is 12.1 Å². The zero-order chi connectivity index (χ0) is 15.7. The van der Waals surface area contributed by atoms with Gasteiger partial charge in [-0.1, -0.05) is 37.1 Å². The van der Waals surface area contributed by atoms with Gasteiger partial charge >= 0.3 is 0 Å². The summed E-state index contributed by atoms with van der Waals surface area (Å²) in [6.45, 7) is 2.92. The Morgan fingerprint density at radius 3 is 2.68 bits per heavy atom. The zero-order valence-corrected chi connectivity index (χ0v) is 13.0. The second-order valence-corrected chi connectivity index (χ2v) is 5.67. The van der Waals surface area contributed by atoms with E-state index >= 15 is 0 Å². The number of nitrogens with zero attached hydrogens (tertiary/aromatic N) is 2. The lowest BCUT2D eigenvalue weighted by Crippen LogP contribution is -2.00. The summed E-state index contributed by atoms with van der Waals surface area (Å²) in [6, 6.07) is 10.4. The molecule has 22 heavy (non-hydrogen) atoms. The molecule has 0 aliphatic heterocycles. The van der Waals surface area contributed by atoms with Crippen molar-refractivity contribution in [1.82, 2.24) is 9.78 Å². The lowest BCUT2D eigenvalue weighted by atomic mass is 10.1. The minimum absolute atomic E-state index is 0.142. The number of phenols is 2. The molecule has 0 unspecified atom stereocenters. The Labute approximate surface area is 133 Å². The number of halogens is 1. The first-order valence-electron chi connectivity index (χ1n) is 7.29. The van der Waals surface area contributed by atoms with E-state index in [1.54, 1.807) is 6.07 Å². The van der Waals surface area contributed by atoms with Crippen LogP contribution in [0.3, 0.4) is 0 Å². The van der Waals surface area contributed by atoms with Crippen molar-refractivity contribution >= 4 is 22.5 Å². The zero-order valence-electron chi connectivity index (χ0n) is 12.3. The number of benzene rings is 2. The van der Waals surface area contributed by atoms with Crippen LogP contribution in [0.2, 0.25) is 5.02 Å². The number of hydrogen-bond acceptors (Lipinski definition) is 3. The third kappa shape index (κ3) is 2.50. The topological polar surface area (TPSA) is 58.3 Å². The lowest BCUT2D eigenvalue weighted by molar-refractivity contribution is 0.404. The summed E-state index contributed by atoms with van der Waals surface area (Å²) in [5.41, 5.74) is 2.40. The van der Waals surface area contributed by atoms with Crippen molar-refractivity contribution in [2.45, 2.75) is 26.3 Å². The predicted molar refractivity (Wildman–Crippen MR) is 88.4 cm³/mol. The summed E-state index contributed by atoms with van der Waals surface area (Å²) in [4.78, 5) is 0. The van der Waals surface area contributed by atoms with Crippen LogP contribution in [0.25, 0.3) is 22.2 Å². The predicted octanol–water partition coefficient (Wildman–Crippen LogP) is 4.57. The normalized spacial score (nSPS) is 11.2. The fourth-order valence-electron chi connectivity index (χ4n) is 2.55. The van der Waals surface area contributed by atoms with Gasteiger partial charge in [-0.15, -0.1) is 0 Å². The van der Waals surface area contributed by atoms with Crippen molar-refractivity contribution in [1.29, 1.82) is 0 Å². The van der Waals surface area contributed by atoms with E-state index in [2.05, 4.69) is 12.0 Å². The highest BCUT2D eigenvalue weighted by Crippen LogP contribution is 2.35. The molecule has 0 amide bonds. The van der Waals surface area contributed by atoms with E-state index in [-0.39, 0.29) is 11.5 Å². The molecular formula is C17H17ClN2O2. The van der Waals surface area contributed by atoms with E-state index in [0.717, 1.165) is 41.5 Å². The van der Waals surface area contributed by atoms with Crippen molar-refractivity contribution in [2.24, 2.45) is 0 Å². The second-order valence-electron chi connectivity index (χ2n) is 5.26. The molecule has 0 radical (unpaired) electrons. The van der Waals surface area contributed by atoms with Crippen molar-refractivity contribution in [3.63, 3.8) is 0 Å². The first-order valence-corrected chi connectivity index (χ1v) is 7.67. The maximum Gasteiger partial charge on any atom is 0.158 e. The average Bonchev–Trinajstić information content (AvgIpc) is 2.88. The van der Waals surface area contributed by atoms with E-state index in [9.17, 15) is 10.2 Å². The first kappa shape index (κ1) is 14.7. The molecule has 0 fully saturated rings. The smallest absolute Gasteiger partial charge is 0.158 e. The third-order valence-corrected chi connectivity index (χ3v) is 4.00. The molecule has 0 atom stereocenters. The van der Waals surface area contributed by atoms with Gasteiger partial charge in [-0.2, -0.15) is 5.10 Å². The Bertz CT molecular complexity index is 827. The van der Waals surface area contributed by atoms with E-state index in [0.29, 0.717) is 5.02 Å². The largest absolute Gasteiger partial charge is 0.504 e. The highest BCUT2D eigenvalue weighted by molar-refractivity contribution is 6.35. The van der Waals surface area contributed by atoms with Crippen LogP contribution in [-0.4, -0.2) is 20.0 Å². The van der Waals surface area contributed by atoms with Crippen molar-refractivity contribution in [3.05, 3.63) is 41.4 Å². The highest BCUT2D eigenvalue weighted by atomic mass is 35.5. The fourth-order valence-corrected chi connectivity index (χ4v) is 2.82. The third-order valence-electron chi connectivity index (χ3n) is 3.69. The number of aromatic hydroxyl groups is 2. The molecule has 1 aromatic heterocycles. The maximum absolute atomic E-state index is 9.73. The van der Waals surface area contributed by atoms with E-state index in [1.807, 2.05) is 22.9 Å². The van der Waals surface area contributed by atoms with Gasteiger partial charge in [-0.3, -0.25) is 4.68 Å². The van der Waals surface area contributed by atoms with Gasteiger partial charge in [-0.05, 0) is 30.7 Å². The standard InChI is InChI=1S/C17H17ClN2O2/c1-2-3-9-20-17-12(5-4-6-13(17)18)16(19-20)11-7-8-14(21)15(22)10-11/h4-8,10,21-22H,2-3,9H2,1H3. The summed E-state index contributed by atoms with van der Waals surface area (Å²) in [7, 11) is 0. The van der Waals surface area contributed by atoms with Gasteiger partial charge in [0.05, 0.1) is 10.5 Å². The van der Waals surface area contributed by atoms with Crippen LogP contribution in [0.1, 0.15) is 19.8 Å². The number of unbranched alkanes of at least 4 members (excludes halogenated alkanes) is 1. The Morgan fingerprint density at radius 2 is 1.95 bits per heavy atom. The van der Waals surface area contributed by atoms with E-state index in [4.69, 9.17) is 11.6 Å². The minimum Gasteiger partial charge on any atom is -0.504 e. The van der Waals surface area contributed by atoms with Crippen LogP contribution in [0.5, 0.6) is 11.5 Å². The van der Waals surface area contributed by atoms with Crippen molar-refractivity contribution in [2.75, 3.05) is 0 Å². The molecular weight excluding hydrogens is 300 g/mol. The summed E-state index contributed by atoms with van der Waals surface area (Å²) in [5, 5.41) is 25.5.